The topological polar surface area (TPSA) is 84.7 Å². The Morgan fingerprint density at radius 1 is 1.33 bits per heavy atom. The van der Waals surface area contributed by atoms with Crippen molar-refractivity contribution in [1.29, 1.82) is 0 Å². The van der Waals surface area contributed by atoms with Crippen molar-refractivity contribution in [3.63, 3.8) is 0 Å². The second kappa shape index (κ2) is 6.91. The molecule has 1 aromatic rings. The lowest BCUT2D eigenvalue weighted by molar-refractivity contribution is -0.138. The summed E-state index contributed by atoms with van der Waals surface area (Å²) >= 11 is 0. The predicted molar refractivity (Wildman–Crippen MR) is 91.5 cm³/mol. The largest absolute Gasteiger partial charge is 0.381 e. The first-order valence-corrected chi connectivity index (χ1v) is 8.54. The number of nitrogens with two attached hydrogens (primary N) is 1. The van der Waals surface area contributed by atoms with Crippen molar-refractivity contribution in [3.05, 3.63) is 30.3 Å². The summed E-state index contributed by atoms with van der Waals surface area (Å²) in [7, 11) is 0. The maximum atomic E-state index is 12.8. The summed E-state index contributed by atoms with van der Waals surface area (Å²) in [5, 5.41) is 2.95. The smallest absolute Gasteiger partial charge is 0.249 e. The fraction of sp³-hybridized carbons (Fsp3) is 0.556. The number of amides is 2. The third-order valence-electron chi connectivity index (χ3n) is 5.22. The first kappa shape index (κ1) is 16.9. The highest BCUT2D eigenvalue weighted by atomic mass is 16.5. The summed E-state index contributed by atoms with van der Waals surface area (Å²) in [6, 6.07) is 9.13. The van der Waals surface area contributed by atoms with Crippen LogP contribution in [0.3, 0.4) is 0 Å². The van der Waals surface area contributed by atoms with Crippen molar-refractivity contribution in [1.82, 2.24) is 5.32 Å². The number of hydrogen-bond acceptors (Lipinski definition) is 4. The predicted octanol–water partition coefficient (Wildman–Crippen LogP) is 1.05. The molecule has 6 heteroatoms. The van der Waals surface area contributed by atoms with Crippen LogP contribution in [-0.4, -0.2) is 43.7 Å². The van der Waals surface area contributed by atoms with Crippen LogP contribution < -0.4 is 16.0 Å². The molecule has 3 rings (SSSR count). The molecule has 2 saturated heterocycles. The summed E-state index contributed by atoms with van der Waals surface area (Å²) in [6.45, 7) is 3.36. The highest BCUT2D eigenvalue weighted by Crippen LogP contribution is 2.31. The number of benzene rings is 1. The van der Waals surface area contributed by atoms with E-state index in [-0.39, 0.29) is 24.4 Å². The van der Waals surface area contributed by atoms with Crippen LogP contribution in [0, 0.1) is 5.41 Å². The maximum Gasteiger partial charge on any atom is 0.249 e. The van der Waals surface area contributed by atoms with Gasteiger partial charge in [0.1, 0.15) is 6.04 Å². The molecule has 0 saturated carbocycles. The van der Waals surface area contributed by atoms with Crippen LogP contribution in [-0.2, 0) is 14.3 Å². The SMILES string of the molecule is CC1CC(NC(=O)C2(CN)CCOCC2)C(=O)N1c1ccccc1. The van der Waals surface area contributed by atoms with E-state index in [1.807, 2.05) is 37.3 Å². The fourth-order valence-electron chi connectivity index (χ4n) is 3.62. The Morgan fingerprint density at radius 2 is 2.00 bits per heavy atom. The number of para-hydroxylation sites is 1. The third kappa shape index (κ3) is 3.03. The molecule has 2 aliphatic heterocycles. The van der Waals surface area contributed by atoms with E-state index in [1.54, 1.807) is 4.90 Å². The molecule has 0 aliphatic carbocycles. The molecular formula is C18H25N3O3. The number of nitrogens with zero attached hydrogens (tertiary/aromatic N) is 1. The average Bonchev–Trinajstić information content (AvgIpc) is 2.89. The zero-order valence-corrected chi connectivity index (χ0v) is 14.0. The van der Waals surface area contributed by atoms with Gasteiger partial charge < -0.3 is 20.7 Å². The zero-order valence-electron chi connectivity index (χ0n) is 14.0. The van der Waals surface area contributed by atoms with Crippen molar-refractivity contribution in [3.8, 4) is 0 Å². The molecule has 2 atom stereocenters. The number of carbonyl (C=O) groups is 2. The highest BCUT2D eigenvalue weighted by molar-refractivity contribution is 6.02. The average molecular weight is 331 g/mol. The van der Waals surface area contributed by atoms with Gasteiger partial charge in [-0.1, -0.05) is 18.2 Å². The molecule has 2 aliphatic rings. The number of hydrogen-bond donors (Lipinski definition) is 2. The molecule has 2 unspecified atom stereocenters. The number of nitrogens with one attached hydrogen (secondary N) is 1. The molecule has 2 amide bonds. The fourth-order valence-corrected chi connectivity index (χ4v) is 3.62. The van der Waals surface area contributed by atoms with E-state index < -0.39 is 11.5 Å². The Kier molecular flexibility index (Phi) is 4.87. The summed E-state index contributed by atoms with van der Waals surface area (Å²) in [5.41, 5.74) is 6.14. The summed E-state index contributed by atoms with van der Waals surface area (Å²) in [4.78, 5) is 27.3. The minimum absolute atomic E-state index is 0.0497. The third-order valence-corrected chi connectivity index (χ3v) is 5.22. The molecule has 0 spiro atoms. The van der Waals surface area contributed by atoms with Crippen LogP contribution in [0.15, 0.2) is 30.3 Å². The minimum Gasteiger partial charge on any atom is -0.381 e. The van der Waals surface area contributed by atoms with Gasteiger partial charge in [-0.25, -0.2) is 0 Å². The van der Waals surface area contributed by atoms with Gasteiger partial charge in [-0.05, 0) is 38.3 Å². The maximum absolute atomic E-state index is 12.8. The second-order valence-corrected chi connectivity index (χ2v) is 6.75. The van der Waals surface area contributed by atoms with E-state index in [0.29, 0.717) is 32.5 Å². The molecule has 0 bridgehead atoms. The Bertz CT molecular complexity index is 599. The standard InChI is InChI=1S/C18H25N3O3/c1-13-11-15(16(22)21(13)14-5-3-2-4-6-14)20-17(23)18(12-19)7-9-24-10-8-18/h2-6,13,15H,7-12,19H2,1H3,(H,20,23). The lowest BCUT2D eigenvalue weighted by atomic mass is 9.79. The van der Waals surface area contributed by atoms with E-state index in [4.69, 9.17) is 10.5 Å². The van der Waals surface area contributed by atoms with E-state index in [9.17, 15) is 9.59 Å². The van der Waals surface area contributed by atoms with Crippen LogP contribution in [0.1, 0.15) is 26.2 Å². The number of anilines is 1. The van der Waals surface area contributed by atoms with Gasteiger partial charge in [-0.2, -0.15) is 0 Å². The Balaban J connectivity index is 1.72. The molecule has 2 heterocycles. The van der Waals surface area contributed by atoms with Crippen LogP contribution in [0.5, 0.6) is 0 Å². The van der Waals surface area contributed by atoms with Gasteiger partial charge in [0.15, 0.2) is 0 Å². The van der Waals surface area contributed by atoms with Crippen LogP contribution in [0.2, 0.25) is 0 Å². The molecule has 24 heavy (non-hydrogen) atoms. The monoisotopic (exact) mass is 331 g/mol. The van der Waals surface area contributed by atoms with Gasteiger partial charge >= 0.3 is 0 Å². The zero-order chi connectivity index (χ0) is 17.2. The van der Waals surface area contributed by atoms with Crippen molar-refractivity contribution < 1.29 is 14.3 Å². The van der Waals surface area contributed by atoms with Crippen LogP contribution >= 0.6 is 0 Å². The minimum atomic E-state index is -0.609. The van der Waals surface area contributed by atoms with Crippen LogP contribution in [0.25, 0.3) is 0 Å². The normalized spacial score (nSPS) is 26.4. The van der Waals surface area contributed by atoms with Crippen molar-refractivity contribution in [2.75, 3.05) is 24.7 Å². The Morgan fingerprint density at radius 3 is 2.62 bits per heavy atom. The molecule has 1 aromatic carbocycles. The number of carbonyl (C=O) groups excluding carboxylic acids is 2. The highest BCUT2D eigenvalue weighted by Gasteiger charge is 2.44. The van der Waals surface area contributed by atoms with E-state index >= 15 is 0 Å². The van der Waals surface area contributed by atoms with Gasteiger partial charge in [-0.3, -0.25) is 9.59 Å². The van der Waals surface area contributed by atoms with Crippen LogP contribution in [0.4, 0.5) is 5.69 Å². The Hall–Kier alpha value is -1.92. The van der Waals surface area contributed by atoms with Gasteiger partial charge in [0, 0.05) is 31.5 Å². The molecular weight excluding hydrogens is 306 g/mol. The van der Waals surface area contributed by atoms with Crippen molar-refractivity contribution in [2.24, 2.45) is 11.1 Å². The molecule has 2 fully saturated rings. The second-order valence-electron chi connectivity index (χ2n) is 6.75. The summed E-state index contributed by atoms with van der Waals surface area (Å²) in [5.74, 6) is -0.171. The summed E-state index contributed by atoms with van der Waals surface area (Å²) in [6.07, 6.45) is 1.82. The quantitative estimate of drug-likeness (QED) is 0.864. The van der Waals surface area contributed by atoms with E-state index in [0.717, 1.165) is 5.69 Å². The molecule has 0 aromatic heterocycles. The van der Waals surface area contributed by atoms with Gasteiger partial charge in [-0.15, -0.1) is 0 Å². The lowest BCUT2D eigenvalue weighted by Crippen LogP contribution is -2.53. The molecule has 0 radical (unpaired) electrons. The summed E-state index contributed by atoms with van der Waals surface area (Å²) < 4.78 is 5.35. The van der Waals surface area contributed by atoms with Gasteiger partial charge in [0.05, 0.1) is 5.41 Å². The Labute approximate surface area is 142 Å². The van der Waals surface area contributed by atoms with Gasteiger partial charge in [0.25, 0.3) is 0 Å². The van der Waals surface area contributed by atoms with E-state index in [1.165, 1.54) is 0 Å². The van der Waals surface area contributed by atoms with Crippen molar-refractivity contribution >= 4 is 17.5 Å². The molecule has 6 nitrogen and oxygen atoms in total. The van der Waals surface area contributed by atoms with E-state index in [2.05, 4.69) is 5.32 Å². The first-order valence-electron chi connectivity index (χ1n) is 8.54. The number of ether oxygens (including phenoxy) is 1. The lowest BCUT2D eigenvalue weighted by Gasteiger charge is -2.35. The number of rotatable bonds is 4. The molecule has 130 valence electrons. The van der Waals surface area contributed by atoms with Crippen molar-refractivity contribution in [2.45, 2.75) is 38.3 Å². The molecule has 3 N–H and O–H groups in total. The van der Waals surface area contributed by atoms with Gasteiger partial charge in [0.2, 0.25) is 11.8 Å². The first-order chi connectivity index (χ1) is 11.6.